The van der Waals surface area contributed by atoms with Crippen LogP contribution in [0.25, 0.3) is 0 Å². The number of halogens is 3. The first-order chi connectivity index (χ1) is 11.4. The quantitative estimate of drug-likeness (QED) is 0.828. The van der Waals surface area contributed by atoms with E-state index in [-0.39, 0.29) is 44.0 Å². The molecule has 140 valence electrons. The molecule has 1 aromatic carbocycles. The molecule has 25 heavy (non-hydrogen) atoms. The van der Waals surface area contributed by atoms with Crippen LogP contribution in [-0.4, -0.2) is 62.3 Å². The number of sulfonamides is 1. The number of nitrogens with zero attached hydrogens (tertiary/aromatic N) is 2. The largest absolute Gasteiger partial charge is 0.336 e. The predicted molar refractivity (Wildman–Crippen MR) is 90.0 cm³/mol. The number of rotatable bonds is 3. The lowest BCUT2D eigenvalue weighted by Crippen LogP contribution is -2.57. The molecule has 1 unspecified atom stereocenters. The molecule has 0 bridgehead atoms. The summed E-state index contributed by atoms with van der Waals surface area (Å²) in [6.45, 7) is 1.63. The van der Waals surface area contributed by atoms with Gasteiger partial charge in [-0.25, -0.2) is 17.2 Å². The summed E-state index contributed by atoms with van der Waals surface area (Å²) in [5, 5.41) is 2.96. The molecule has 1 N–H and O–H groups in total. The van der Waals surface area contributed by atoms with Gasteiger partial charge in [0.15, 0.2) is 4.90 Å². The molecule has 1 atom stereocenters. The standard InChI is InChI=1S/C15H19F2N3O3S.ClH/c16-12-4-1-5-13(17)15(12)24(22,23)19-7-2-3-11(10-19)20-8-6-18-9-14(20)21;/h1,4-5,11,18H,2-3,6-10H2;1H. The van der Waals surface area contributed by atoms with Gasteiger partial charge in [-0.15, -0.1) is 12.4 Å². The first kappa shape index (κ1) is 20.0. The molecular formula is C15H20ClF2N3O3S. The minimum atomic E-state index is -4.28. The number of nitrogens with one attached hydrogen (secondary N) is 1. The van der Waals surface area contributed by atoms with Gasteiger partial charge >= 0.3 is 0 Å². The number of amides is 1. The molecule has 2 saturated heterocycles. The Balaban J connectivity index is 0.00000225. The highest BCUT2D eigenvalue weighted by Crippen LogP contribution is 2.27. The van der Waals surface area contributed by atoms with Crippen molar-refractivity contribution in [2.45, 2.75) is 23.8 Å². The van der Waals surface area contributed by atoms with E-state index >= 15 is 0 Å². The number of benzene rings is 1. The van der Waals surface area contributed by atoms with Crippen LogP contribution in [0.2, 0.25) is 0 Å². The number of carbonyl (C=O) groups is 1. The van der Waals surface area contributed by atoms with Gasteiger partial charge in [-0.05, 0) is 25.0 Å². The smallest absolute Gasteiger partial charge is 0.248 e. The highest BCUT2D eigenvalue weighted by atomic mass is 35.5. The minimum Gasteiger partial charge on any atom is -0.336 e. The zero-order valence-electron chi connectivity index (χ0n) is 13.5. The molecule has 0 aliphatic carbocycles. The number of carbonyl (C=O) groups excluding carboxylic acids is 1. The second kappa shape index (κ2) is 7.94. The summed E-state index contributed by atoms with van der Waals surface area (Å²) in [6.07, 6.45) is 1.22. The minimum absolute atomic E-state index is 0. The Morgan fingerprint density at radius 2 is 1.84 bits per heavy atom. The molecule has 0 aromatic heterocycles. The highest BCUT2D eigenvalue weighted by molar-refractivity contribution is 7.89. The van der Waals surface area contributed by atoms with Crippen molar-refractivity contribution >= 4 is 28.3 Å². The Kier molecular flexibility index (Phi) is 6.36. The molecule has 1 amide bonds. The lowest BCUT2D eigenvalue weighted by molar-refractivity contribution is -0.135. The number of piperidine rings is 1. The molecule has 0 radical (unpaired) electrons. The van der Waals surface area contributed by atoms with Crippen LogP contribution in [0.4, 0.5) is 8.78 Å². The van der Waals surface area contributed by atoms with Crippen molar-refractivity contribution in [3.8, 4) is 0 Å². The van der Waals surface area contributed by atoms with Crippen molar-refractivity contribution < 1.29 is 22.0 Å². The van der Waals surface area contributed by atoms with Crippen LogP contribution in [0.3, 0.4) is 0 Å². The number of hydrogen-bond acceptors (Lipinski definition) is 4. The van der Waals surface area contributed by atoms with Crippen LogP contribution in [-0.2, 0) is 14.8 Å². The zero-order valence-corrected chi connectivity index (χ0v) is 15.1. The van der Waals surface area contributed by atoms with Crippen LogP contribution >= 0.6 is 12.4 Å². The van der Waals surface area contributed by atoms with Gasteiger partial charge in [0.2, 0.25) is 15.9 Å². The van der Waals surface area contributed by atoms with Gasteiger partial charge in [-0.3, -0.25) is 4.79 Å². The second-order valence-electron chi connectivity index (χ2n) is 5.97. The Labute approximate surface area is 151 Å². The molecule has 0 saturated carbocycles. The van der Waals surface area contributed by atoms with E-state index in [0.29, 0.717) is 25.9 Å². The van der Waals surface area contributed by atoms with E-state index in [1.54, 1.807) is 4.90 Å². The van der Waals surface area contributed by atoms with Gasteiger partial charge in [-0.2, -0.15) is 4.31 Å². The van der Waals surface area contributed by atoms with Crippen LogP contribution in [0.15, 0.2) is 23.1 Å². The van der Waals surface area contributed by atoms with E-state index in [0.717, 1.165) is 22.5 Å². The van der Waals surface area contributed by atoms with Crippen LogP contribution in [0, 0.1) is 11.6 Å². The predicted octanol–water partition coefficient (Wildman–Crippen LogP) is 0.971. The lowest BCUT2D eigenvalue weighted by Gasteiger charge is -2.40. The third kappa shape index (κ3) is 3.94. The topological polar surface area (TPSA) is 69.7 Å². The van der Waals surface area contributed by atoms with Gasteiger partial charge in [0.25, 0.3) is 0 Å². The van der Waals surface area contributed by atoms with E-state index in [1.807, 2.05) is 0 Å². The average Bonchev–Trinajstić information content (AvgIpc) is 2.55. The van der Waals surface area contributed by atoms with Crippen molar-refractivity contribution in [3.63, 3.8) is 0 Å². The van der Waals surface area contributed by atoms with Gasteiger partial charge in [-0.1, -0.05) is 6.07 Å². The molecule has 2 fully saturated rings. The van der Waals surface area contributed by atoms with Crippen molar-refractivity contribution in [2.75, 3.05) is 32.7 Å². The third-order valence-electron chi connectivity index (χ3n) is 4.44. The fourth-order valence-corrected chi connectivity index (χ4v) is 4.88. The van der Waals surface area contributed by atoms with E-state index in [1.165, 1.54) is 0 Å². The summed E-state index contributed by atoms with van der Waals surface area (Å²) in [5.74, 6) is -2.28. The Hall–Kier alpha value is -1.29. The molecule has 6 nitrogen and oxygen atoms in total. The Morgan fingerprint density at radius 3 is 2.48 bits per heavy atom. The van der Waals surface area contributed by atoms with Crippen LogP contribution in [0.1, 0.15) is 12.8 Å². The van der Waals surface area contributed by atoms with Crippen molar-refractivity contribution in [1.82, 2.24) is 14.5 Å². The zero-order chi connectivity index (χ0) is 17.3. The molecule has 1 aromatic rings. The van der Waals surface area contributed by atoms with Crippen molar-refractivity contribution in [2.24, 2.45) is 0 Å². The molecular weight excluding hydrogens is 376 g/mol. The summed E-state index contributed by atoms with van der Waals surface area (Å²) in [7, 11) is -4.28. The number of hydrogen-bond donors (Lipinski definition) is 1. The second-order valence-corrected chi connectivity index (χ2v) is 7.85. The molecule has 2 heterocycles. The van der Waals surface area contributed by atoms with Gasteiger partial charge in [0.05, 0.1) is 6.54 Å². The Morgan fingerprint density at radius 1 is 1.16 bits per heavy atom. The third-order valence-corrected chi connectivity index (χ3v) is 6.36. The first-order valence-electron chi connectivity index (χ1n) is 7.85. The molecule has 3 rings (SSSR count). The van der Waals surface area contributed by atoms with Crippen LogP contribution in [0.5, 0.6) is 0 Å². The van der Waals surface area contributed by atoms with E-state index in [9.17, 15) is 22.0 Å². The van der Waals surface area contributed by atoms with Gasteiger partial charge in [0, 0.05) is 32.2 Å². The van der Waals surface area contributed by atoms with E-state index in [2.05, 4.69) is 5.32 Å². The van der Waals surface area contributed by atoms with E-state index in [4.69, 9.17) is 0 Å². The molecule has 2 aliphatic heterocycles. The molecule has 10 heteroatoms. The summed E-state index contributed by atoms with van der Waals surface area (Å²) in [6, 6.07) is 2.72. The fourth-order valence-electron chi connectivity index (χ4n) is 3.26. The maximum Gasteiger partial charge on any atom is 0.248 e. The summed E-state index contributed by atoms with van der Waals surface area (Å²) in [4.78, 5) is 12.7. The fraction of sp³-hybridized carbons (Fsp3) is 0.533. The lowest BCUT2D eigenvalue weighted by atomic mass is 10.1. The molecule has 2 aliphatic rings. The molecule has 0 spiro atoms. The monoisotopic (exact) mass is 395 g/mol. The van der Waals surface area contributed by atoms with Crippen molar-refractivity contribution in [1.29, 1.82) is 0 Å². The highest BCUT2D eigenvalue weighted by Gasteiger charge is 2.37. The Bertz CT molecular complexity index is 727. The maximum absolute atomic E-state index is 13.9. The summed E-state index contributed by atoms with van der Waals surface area (Å²) in [5.41, 5.74) is 0. The maximum atomic E-state index is 13.9. The van der Waals surface area contributed by atoms with Gasteiger partial charge in [0.1, 0.15) is 11.6 Å². The normalized spacial score (nSPS) is 22.6. The summed E-state index contributed by atoms with van der Waals surface area (Å²) >= 11 is 0. The first-order valence-corrected chi connectivity index (χ1v) is 9.29. The average molecular weight is 396 g/mol. The summed E-state index contributed by atoms with van der Waals surface area (Å²) < 4.78 is 54.2. The SMILES string of the molecule is Cl.O=C1CNCCN1C1CCCN(S(=O)(=O)c2c(F)cccc2F)C1. The van der Waals surface area contributed by atoms with Gasteiger partial charge < -0.3 is 10.2 Å². The van der Waals surface area contributed by atoms with Crippen LogP contribution < -0.4 is 5.32 Å². The van der Waals surface area contributed by atoms with Crippen molar-refractivity contribution in [3.05, 3.63) is 29.8 Å². The van der Waals surface area contributed by atoms with E-state index < -0.39 is 26.6 Å². The number of piperazine rings is 1.